The lowest BCUT2D eigenvalue weighted by Crippen LogP contribution is -2.31. The first-order chi connectivity index (χ1) is 9.29. The summed E-state index contributed by atoms with van der Waals surface area (Å²) in [5.74, 6) is -0.192. The minimum Gasteiger partial charge on any atom is -0.294 e. The standard InChI is InChI=1S/C15H19ClO3S/c1-10-6-7-12(9-14(10)16)15(17)11-4-3-5-13(8-11)20(2,18)19/h6-7,9,11,13H,3-5,8H2,1-2H3. The number of halogens is 1. The van der Waals surface area contributed by atoms with Crippen molar-refractivity contribution in [3.63, 3.8) is 0 Å². The van der Waals surface area contributed by atoms with Crippen molar-refractivity contribution >= 4 is 27.2 Å². The summed E-state index contributed by atoms with van der Waals surface area (Å²) in [5.41, 5.74) is 1.51. The maximum Gasteiger partial charge on any atom is 0.166 e. The van der Waals surface area contributed by atoms with Gasteiger partial charge in [0.05, 0.1) is 5.25 Å². The Kier molecular flexibility index (Phi) is 4.55. The van der Waals surface area contributed by atoms with E-state index in [4.69, 9.17) is 11.6 Å². The molecule has 0 amide bonds. The van der Waals surface area contributed by atoms with E-state index in [0.717, 1.165) is 18.4 Å². The first kappa shape index (κ1) is 15.5. The normalized spacial score (nSPS) is 23.6. The molecule has 20 heavy (non-hydrogen) atoms. The fourth-order valence-electron chi connectivity index (χ4n) is 2.75. The molecule has 1 aromatic rings. The summed E-state index contributed by atoms with van der Waals surface area (Å²) in [7, 11) is -3.07. The van der Waals surface area contributed by atoms with Crippen LogP contribution >= 0.6 is 11.6 Å². The molecule has 1 aliphatic rings. The average molecular weight is 315 g/mol. The summed E-state index contributed by atoms with van der Waals surface area (Å²) in [6.45, 7) is 1.89. The van der Waals surface area contributed by atoms with Crippen molar-refractivity contribution in [2.24, 2.45) is 5.92 Å². The van der Waals surface area contributed by atoms with Gasteiger partial charge in [0.15, 0.2) is 5.78 Å². The van der Waals surface area contributed by atoms with Gasteiger partial charge in [-0.05, 0) is 37.8 Å². The minimum absolute atomic E-state index is 0.0141. The van der Waals surface area contributed by atoms with Gasteiger partial charge < -0.3 is 0 Å². The number of hydrogen-bond donors (Lipinski definition) is 0. The van der Waals surface area contributed by atoms with Crippen LogP contribution in [0.2, 0.25) is 5.02 Å². The van der Waals surface area contributed by atoms with Crippen LogP contribution < -0.4 is 0 Å². The monoisotopic (exact) mass is 314 g/mol. The van der Waals surface area contributed by atoms with Crippen molar-refractivity contribution in [3.8, 4) is 0 Å². The fourth-order valence-corrected chi connectivity index (χ4v) is 4.11. The third-order valence-electron chi connectivity index (χ3n) is 4.06. The highest BCUT2D eigenvalue weighted by Gasteiger charge is 2.32. The molecule has 2 atom stereocenters. The van der Waals surface area contributed by atoms with Crippen molar-refractivity contribution in [2.75, 3.05) is 6.26 Å². The Labute approximate surface area is 125 Å². The maximum atomic E-state index is 12.5. The van der Waals surface area contributed by atoms with Crippen LogP contribution in [0.3, 0.4) is 0 Å². The lowest BCUT2D eigenvalue weighted by Gasteiger charge is -2.27. The minimum atomic E-state index is -3.07. The summed E-state index contributed by atoms with van der Waals surface area (Å²) in [6.07, 6.45) is 3.90. The number of aryl methyl sites for hydroxylation is 1. The average Bonchev–Trinajstić information content (AvgIpc) is 2.40. The molecule has 0 N–H and O–H groups in total. The third kappa shape index (κ3) is 3.41. The zero-order valence-electron chi connectivity index (χ0n) is 11.7. The fraction of sp³-hybridized carbons (Fsp3) is 0.533. The largest absolute Gasteiger partial charge is 0.294 e. The van der Waals surface area contributed by atoms with Crippen LogP contribution in [0.1, 0.15) is 41.6 Å². The Morgan fingerprint density at radius 1 is 1.30 bits per heavy atom. The van der Waals surface area contributed by atoms with Gasteiger partial charge in [-0.3, -0.25) is 4.79 Å². The van der Waals surface area contributed by atoms with Crippen LogP contribution in [0, 0.1) is 12.8 Å². The number of ketones is 1. The molecule has 2 rings (SSSR count). The number of rotatable bonds is 3. The summed E-state index contributed by atoms with van der Waals surface area (Å²) < 4.78 is 23.3. The molecule has 0 aliphatic heterocycles. The van der Waals surface area contributed by atoms with E-state index in [9.17, 15) is 13.2 Å². The predicted octanol–water partition coefficient (Wildman–Crippen LogP) is 3.43. The highest BCUT2D eigenvalue weighted by molar-refractivity contribution is 7.91. The van der Waals surface area contributed by atoms with Gasteiger partial charge >= 0.3 is 0 Å². The molecule has 0 saturated heterocycles. The molecule has 0 heterocycles. The van der Waals surface area contributed by atoms with Crippen molar-refractivity contribution in [1.29, 1.82) is 0 Å². The molecule has 1 aromatic carbocycles. The van der Waals surface area contributed by atoms with Gasteiger partial charge in [0.25, 0.3) is 0 Å². The van der Waals surface area contributed by atoms with Crippen LogP contribution in [0.5, 0.6) is 0 Å². The molecule has 3 nitrogen and oxygen atoms in total. The van der Waals surface area contributed by atoms with Gasteiger partial charge in [0.2, 0.25) is 0 Å². The van der Waals surface area contributed by atoms with E-state index in [1.165, 1.54) is 6.26 Å². The van der Waals surface area contributed by atoms with Crippen molar-refractivity contribution < 1.29 is 13.2 Å². The number of carbonyl (C=O) groups is 1. The number of carbonyl (C=O) groups excluding carboxylic acids is 1. The van der Waals surface area contributed by atoms with E-state index >= 15 is 0 Å². The van der Waals surface area contributed by atoms with Gasteiger partial charge in [-0.1, -0.05) is 30.2 Å². The molecule has 110 valence electrons. The Hall–Kier alpha value is -0.870. The van der Waals surface area contributed by atoms with E-state index in [-0.39, 0.29) is 17.0 Å². The Balaban J connectivity index is 2.18. The highest BCUT2D eigenvalue weighted by Crippen LogP contribution is 2.31. The van der Waals surface area contributed by atoms with Gasteiger partial charge in [-0.15, -0.1) is 0 Å². The molecular formula is C15H19ClO3S. The van der Waals surface area contributed by atoms with Crippen LogP contribution in [0.25, 0.3) is 0 Å². The van der Waals surface area contributed by atoms with Crippen molar-refractivity contribution in [2.45, 2.75) is 37.9 Å². The van der Waals surface area contributed by atoms with Crippen LogP contribution in [0.4, 0.5) is 0 Å². The Bertz CT molecular complexity index is 622. The maximum absolute atomic E-state index is 12.5. The molecule has 0 aromatic heterocycles. The van der Waals surface area contributed by atoms with Crippen LogP contribution in [-0.4, -0.2) is 25.7 Å². The first-order valence-corrected chi connectivity index (χ1v) is 9.11. The second-order valence-corrected chi connectivity index (χ2v) is 8.38. The highest BCUT2D eigenvalue weighted by atomic mass is 35.5. The van der Waals surface area contributed by atoms with Crippen molar-refractivity contribution in [1.82, 2.24) is 0 Å². The third-order valence-corrected chi connectivity index (χ3v) is 6.11. The number of Topliss-reactive ketones (excluding diaryl/α,β-unsaturated/α-hetero) is 1. The zero-order chi connectivity index (χ0) is 14.9. The molecule has 0 spiro atoms. The molecule has 1 aliphatic carbocycles. The Morgan fingerprint density at radius 3 is 2.60 bits per heavy atom. The van der Waals surface area contributed by atoms with Crippen LogP contribution in [-0.2, 0) is 9.84 Å². The van der Waals surface area contributed by atoms with E-state index in [1.54, 1.807) is 12.1 Å². The second-order valence-electron chi connectivity index (χ2n) is 5.64. The smallest absolute Gasteiger partial charge is 0.166 e. The van der Waals surface area contributed by atoms with Crippen LogP contribution in [0.15, 0.2) is 18.2 Å². The Morgan fingerprint density at radius 2 is 2.00 bits per heavy atom. The molecule has 2 unspecified atom stereocenters. The van der Waals surface area contributed by atoms with Crippen molar-refractivity contribution in [3.05, 3.63) is 34.3 Å². The quantitative estimate of drug-likeness (QED) is 0.803. The summed E-state index contributed by atoms with van der Waals surface area (Å²) in [4.78, 5) is 12.5. The molecule has 0 bridgehead atoms. The predicted molar refractivity (Wildman–Crippen MR) is 81.1 cm³/mol. The topological polar surface area (TPSA) is 51.2 Å². The number of sulfone groups is 1. The molecule has 1 fully saturated rings. The van der Waals surface area contributed by atoms with E-state index in [1.807, 2.05) is 13.0 Å². The van der Waals surface area contributed by atoms with E-state index < -0.39 is 9.84 Å². The first-order valence-electron chi connectivity index (χ1n) is 6.78. The van der Waals surface area contributed by atoms with E-state index in [0.29, 0.717) is 23.4 Å². The summed E-state index contributed by atoms with van der Waals surface area (Å²) in [5, 5.41) is 0.192. The second kappa shape index (κ2) is 5.86. The molecular weight excluding hydrogens is 296 g/mol. The van der Waals surface area contributed by atoms with Gasteiger partial charge in [0, 0.05) is 22.8 Å². The zero-order valence-corrected chi connectivity index (χ0v) is 13.3. The lowest BCUT2D eigenvalue weighted by molar-refractivity contribution is 0.0891. The van der Waals surface area contributed by atoms with Gasteiger partial charge in [0.1, 0.15) is 9.84 Å². The lowest BCUT2D eigenvalue weighted by atomic mass is 9.83. The summed E-state index contributed by atoms with van der Waals surface area (Å²) in [6, 6.07) is 5.28. The SMILES string of the molecule is Cc1ccc(C(=O)C2CCCC(S(C)(=O)=O)C2)cc1Cl. The number of benzene rings is 1. The molecule has 1 saturated carbocycles. The number of hydrogen-bond acceptors (Lipinski definition) is 3. The summed E-state index contributed by atoms with van der Waals surface area (Å²) >= 11 is 6.05. The van der Waals surface area contributed by atoms with E-state index in [2.05, 4.69) is 0 Å². The molecule has 5 heteroatoms. The molecule has 0 radical (unpaired) electrons. The van der Waals surface area contributed by atoms with Gasteiger partial charge in [-0.2, -0.15) is 0 Å². The van der Waals surface area contributed by atoms with Gasteiger partial charge in [-0.25, -0.2) is 8.42 Å².